The average molecular weight is 364 g/mol. The number of amides is 1. The van der Waals surface area contributed by atoms with Gasteiger partial charge in [0.2, 0.25) is 0 Å². The number of carbonyl (C=O) groups is 1. The van der Waals surface area contributed by atoms with Gasteiger partial charge in [0.15, 0.2) is 5.82 Å². The molecule has 3 rings (SSSR count). The van der Waals surface area contributed by atoms with Gasteiger partial charge in [-0.2, -0.15) is 5.10 Å². The minimum Gasteiger partial charge on any atom is -0.444 e. The number of ether oxygens (including phenoxy) is 1. The Kier molecular flexibility index (Phi) is 5.54. The lowest BCUT2D eigenvalue weighted by Crippen LogP contribution is -2.36. The van der Waals surface area contributed by atoms with E-state index in [4.69, 9.17) is 4.74 Å². The summed E-state index contributed by atoms with van der Waals surface area (Å²) in [5, 5.41) is 10.2. The fraction of sp³-hybridized carbons (Fsp3) is 0.286. The summed E-state index contributed by atoms with van der Waals surface area (Å²) in [4.78, 5) is 16.9. The van der Waals surface area contributed by atoms with Crippen molar-refractivity contribution in [2.75, 3.05) is 0 Å². The highest BCUT2D eigenvalue weighted by Crippen LogP contribution is 2.20. The molecule has 0 saturated carbocycles. The number of rotatable bonds is 5. The van der Waals surface area contributed by atoms with Crippen molar-refractivity contribution in [3.05, 3.63) is 72.1 Å². The Morgan fingerprint density at radius 1 is 1.07 bits per heavy atom. The quantitative estimate of drug-likeness (QED) is 0.708. The monoisotopic (exact) mass is 364 g/mol. The van der Waals surface area contributed by atoms with Gasteiger partial charge >= 0.3 is 6.09 Å². The van der Waals surface area contributed by atoms with Crippen LogP contribution in [0, 0.1) is 0 Å². The molecule has 0 bridgehead atoms. The number of nitrogens with zero attached hydrogens (tertiary/aromatic N) is 2. The van der Waals surface area contributed by atoms with E-state index < -0.39 is 11.7 Å². The Balaban J connectivity index is 1.83. The van der Waals surface area contributed by atoms with E-state index in [0.717, 1.165) is 11.1 Å². The van der Waals surface area contributed by atoms with Crippen LogP contribution in [0.1, 0.15) is 38.2 Å². The molecule has 0 spiro atoms. The average Bonchev–Trinajstić information content (AvgIpc) is 3.11. The topological polar surface area (TPSA) is 79.9 Å². The summed E-state index contributed by atoms with van der Waals surface area (Å²) in [6, 6.07) is 19.2. The molecule has 6 heteroatoms. The maximum atomic E-state index is 12.3. The highest BCUT2D eigenvalue weighted by Gasteiger charge is 2.23. The number of benzene rings is 2. The summed E-state index contributed by atoms with van der Waals surface area (Å²) in [5.41, 5.74) is 1.42. The second-order valence-corrected chi connectivity index (χ2v) is 7.30. The number of hydrogen-bond donors (Lipinski definition) is 2. The molecule has 2 N–H and O–H groups in total. The predicted molar refractivity (Wildman–Crippen MR) is 104 cm³/mol. The summed E-state index contributed by atoms with van der Waals surface area (Å²) in [6.07, 6.45) is 0.0878. The Bertz CT molecular complexity index is 870. The number of H-pyrrole nitrogens is 1. The number of hydrogen-bond acceptors (Lipinski definition) is 4. The maximum absolute atomic E-state index is 12.3. The molecule has 1 unspecified atom stereocenters. The molecule has 1 atom stereocenters. The van der Waals surface area contributed by atoms with Crippen LogP contribution in [-0.2, 0) is 11.2 Å². The summed E-state index contributed by atoms with van der Waals surface area (Å²) in [5.74, 6) is 1.18. The molecule has 0 aliphatic heterocycles. The first-order chi connectivity index (χ1) is 12.9. The molecule has 140 valence electrons. The van der Waals surface area contributed by atoms with Crippen molar-refractivity contribution in [2.24, 2.45) is 0 Å². The molecule has 1 aromatic heterocycles. The fourth-order valence-corrected chi connectivity index (χ4v) is 2.66. The van der Waals surface area contributed by atoms with Gasteiger partial charge in [0.25, 0.3) is 0 Å². The molecule has 0 radical (unpaired) electrons. The van der Waals surface area contributed by atoms with Crippen LogP contribution in [0.2, 0.25) is 0 Å². The Labute approximate surface area is 159 Å². The molecule has 2 aromatic carbocycles. The van der Waals surface area contributed by atoms with E-state index in [1.165, 1.54) is 0 Å². The minimum absolute atomic E-state index is 0.382. The highest BCUT2D eigenvalue weighted by atomic mass is 16.6. The third kappa shape index (κ3) is 5.41. The molecule has 27 heavy (non-hydrogen) atoms. The van der Waals surface area contributed by atoms with Gasteiger partial charge in [-0.05, 0) is 26.3 Å². The van der Waals surface area contributed by atoms with Crippen molar-refractivity contribution in [3.63, 3.8) is 0 Å². The third-order valence-electron chi connectivity index (χ3n) is 3.84. The number of nitrogens with one attached hydrogen (secondary N) is 2. The van der Waals surface area contributed by atoms with Crippen molar-refractivity contribution in [3.8, 4) is 11.4 Å². The first-order valence-corrected chi connectivity index (χ1v) is 8.92. The van der Waals surface area contributed by atoms with Crippen LogP contribution in [-0.4, -0.2) is 26.9 Å². The van der Waals surface area contributed by atoms with Gasteiger partial charge in [-0.25, -0.2) is 9.78 Å². The molecule has 1 heterocycles. The van der Waals surface area contributed by atoms with E-state index in [2.05, 4.69) is 20.5 Å². The Morgan fingerprint density at radius 2 is 1.70 bits per heavy atom. The number of carbonyl (C=O) groups excluding carboxylic acids is 1. The van der Waals surface area contributed by atoms with Crippen molar-refractivity contribution in [1.82, 2.24) is 20.5 Å². The normalized spacial score (nSPS) is 12.4. The molecule has 0 aliphatic rings. The Morgan fingerprint density at radius 3 is 2.33 bits per heavy atom. The molecule has 3 aromatic rings. The lowest BCUT2D eigenvalue weighted by molar-refractivity contribution is 0.0501. The number of aromatic nitrogens is 3. The van der Waals surface area contributed by atoms with E-state index >= 15 is 0 Å². The molecule has 0 fully saturated rings. The summed E-state index contributed by atoms with van der Waals surface area (Å²) in [7, 11) is 0. The molecular weight excluding hydrogens is 340 g/mol. The van der Waals surface area contributed by atoms with Crippen LogP contribution in [0.25, 0.3) is 11.4 Å². The third-order valence-corrected chi connectivity index (χ3v) is 3.84. The van der Waals surface area contributed by atoms with Gasteiger partial charge in [0.1, 0.15) is 11.4 Å². The maximum Gasteiger partial charge on any atom is 0.408 e. The SMILES string of the molecule is CC(C)(C)OC(=O)NC(Cc1ccccc1)c1nc(-c2ccccc2)n[nH]1. The van der Waals surface area contributed by atoms with Crippen LogP contribution in [0.4, 0.5) is 4.79 Å². The second kappa shape index (κ2) is 8.03. The predicted octanol–water partition coefficient (Wildman–Crippen LogP) is 4.28. The zero-order chi connectivity index (χ0) is 19.3. The zero-order valence-electron chi connectivity index (χ0n) is 15.8. The highest BCUT2D eigenvalue weighted by molar-refractivity contribution is 5.68. The minimum atomic E-state index is -0.571. The van der Waals surface area contributed by atoms with Gasteiger partial charge in [0, 0.05) is 12.0 Å². The molecule has 0 saturated heterocycles. The smallest absolute Gasteiger partial charge is 0.408 e. The van der Waals surface area contributed by atoms with Crippen LogP contribution >= 0.6 is 0 Å². The van der Waals surface area contributed by atoms with Crippen molar-refractivity contribution in [2.45, 2.75) is 38.8 Å². The lowest BCUT2D eigenvalue weighted by atomic mass is 10.1. The van der Waals surface area contributed by atoms with E-state index in [1.807, 2.05) is 81.4 Å². The molecular formula is C21H24N4O2. The van der Waals surface area contributed by atoms with Crippen molar-refractivity contribution < 1.29 is 9.53 Å². The Hall–Kier alpha value is -3.15. The second-order valence-electron chi connectivity index (χ2n) is 7.30. The first-order valence-electron chi connectivity index (χ1n) is 8.92. The summed E-state index contributed by atoms with van der Waals surface area (Å²) in [6.45, 7) is 5.50. The summed E-state index contributed by atoms with van der Waals surface area (Å²) >= 11 is 0. The van der Waals surface area contributed by atoms with E-state index in [9.17, 15) is 4.79 Å². The fourth-order valence-electron chi connectivity index (χ4n) is 2.66. The van der Waals surface area contributed by atoms with Gasteiger partial charge in [-0.3, -0.25) is 5.10 Å². The van der Waals surface area contributed by atoms with Crippen molar-refractivity contribution in [1.29, 1.82) is 0 Å². The van der Waals surface area contributed by atoms with Crippen LogP contribution in [0.5, 0.6) is 0 Å². The van der Waals surface area contributed by atoms with Crippen molar-refractivity contribution >= 4 is 6.09 Å². The largest absolute Gasteiger partial charge is 0.444 e. The van der Waals surface area contributed by atoms with Crippen LogP contribution < -0.4 is 5.32 Å². The van der Waals surface area contributed by atoms with E-state index in [-0.39, 0.29) is 6.04 Å². The first kappa shape index (κ1) is 18.6. The van der Waals surface area contributed by atoms with Gasteiger partial charge < -0.3 is 10.1 Å². The zero-order valence-corrected chi connectivity index (χ0v) is 15.8. The lowest BCUT2D eigenvalue weighted by Gasteiger charge is -2.22. The van der Waals surface area contributed by atoms with E-state index in [0.29, 0.717) is 18.1 Å². The number of aromatic amines is 1. The van der Waals surface area contributed by atoms with Crippen LogP contribution in [0.3, 0.4) is 0 Å². The standard InChI is InChI=1S/C21H24N4O2/c1-21(2,3)27-20(26)22-17(14-15-10-6-4-7-11-15)19-23-18(24-25-19)16-12-8-5-9-13-16/h4-13,17H,14H2,1-3H3,(H,22,26)(H,23,24,25). The molecule has 6 nitrogen and oxygen atoms in total. The van der Waals surface area contributed by atoms with Gasteiger partial charge in [-0.15, -0.1) is 0 Å². The molecule has 0 aliphatic carbocycles. The van der Waals surface area contributed by atoms with E-state index in [1.54, 1.807) is 0 Å². The van der Waals surface area contributed by atoms with Crippen LogP contribution in [0.15, 0.2) is 60.7 Å². The molecule has 1 amide bonds. The van der Waals surface area contributed by atoms with Gasteiger partial charge in [0.05, 0.1) is 6.04 Å². The summed E-state index contributed by atoms with van der Waals surface area (Å²) < 4.78 is 5.41. The van der Waals surface area contributed by atoms with Gasteiger partial charge in [-0.1, -0.05) is 60.7 Å². The number of alkyl carbamates (subject to hydrolysis) is 1.